The molecule has 0 bridgehead atoms. The molecule has 0 aliphatic heterocycles. The number of carbonyl (C=O) groups excluding carboxylic acids is 2. The van der Waals surface area contributed by atoms with Crippen molar-refractivity contribution in [2.24, 2.45) is 0 Å². The number of carbonyl (C=O) groups is 2. The van der Waals surface area contributed by atoms with Crippen molar-refractivity contribution in [1.29, 1.82) is 0 Å². The third-order valence-corrected chi connectivity index (χ3v) is 4.91. The molecule has 138 valence electrons. The van der Waals surface area contributed by atoms with Gasteiger partial charge in [0.15, 0.2) is 6.61 Å². The summed E-state index contributed by atoms with van der Waals surface area (Å²) in [6, 6.07) is 17.8. The number of rotatable bonds is 6. The number of aromatic hydroxyl groups is 1. The maximum absolute atomic E-state index is 12.4. The molecule has 2 N–H and O–H groups in total. The molecule has 1 heterocycles. The lowest BCUT2D eigenvalue weighted by atomic mass is 10.1. The molecule has 6 heteroatoms. The summed E-state index contributed by atoms with van der Waals surface area (Å²) in [4.78, 5) is 25.5. The standard InChI is InChI=1S/C21H19NO4S/c1-14-9-10-17(23)16(12-14)21(25)26-13-19(24)22-20(18-8-5-11-27-18)15-6-3-2-4-7-15/h2-12,20,23H,13H2,1H3,(H,22,24)/t20-/m1/s1. The Bertz CT molecular complexity index is 923. The number of hydrogen-bond acceptors (Lipinski definition) is 5. The molecule has 3 aromatic rings. The Kier molecular flexibility index (Phi) is 5.88. The average molecular weight is 381 g/mol. The highest BCUT2D eigenvalue weighted by Crippen LogP contribution is 2.26. The molecule has 0 saturated heterocycles. The van der Waals surface area contributed by atoms with Crippen LogP contribution in [-0.2, 0) is 9.53 Å². The lowest BCUT2D eigenvalue weighted by molar-refractivity contribution is -0.124. The Morgan fingerprint density at radius 2 is 1.89 bits per heavy atom. The summed E-state index contributed by atoms with van der Waals surface area (Å²) in [6.45, 7) is 1.37. The molecule has 0 radical (unpaired) electrons. The van der Waals surface area contributed by atoms with Crippen molar-refractivity contribution >= 4 is 23.2 Å². The Balaban J connectivity index is 1.66. The molecule has 2 aromatic carbocycles. The third kappa shape index (κ3) is 4.74. The zero-order chi connectivity index (χ0) is 19.2. The lowest BCUT2D eigenvalue weighted by Gasteiger charge is -2.18. The van der Waals surface area contributed by atoms with Crippen LogP contribution in [0.25, 0.3) is 0 Å². The molecular weight excluding hydrogens is 362 g/mol. The summed E-state index contributed by atoms with van der Waals surface area (Å²) in [5.74, 6) is -1.33. The molecule has 5 nitrogen and oxygen atoms in total. The van der Waals surface area contributed by atoms with Crippen LogP contribution in [-0.4, -0.2) is 23.6 Å². The van der Waals surface area contributed by atoms with Gasteiger partial charge < -0.3 is 15.2 Å². The smallest absolute Gasteiger partial charge is 0.342 e. The molecule has 0 fully saturated rings. The maximum Gasteiger partial charge on any atom is 0.342 e. The highest BCUT2D eigenvalue weighted by Gasteiger charge is 2.20. The second kappa shape index (κ2) is 8.51. The van der Waals surface area contributed by atoms with Crippen LogP contribution >= 0.6 is 11.3 Å². The van der Waals surface area contributed by atoms with Crippen molar-refractivity contribution in [1.82, 2.24) is 5.32 Å². The minimum absolute atomic E-state index is 0.0423. The van der Waals surface area contributed by atoms with E-state index in [1.807, 2.05) is 47.8 Å². The predicted molar refractivity (Wildman–Crippen MR) is 104 cm³/mol. The van der Waals surface area contributed by atoms with E-state index in [9.17, 15) is 14.7 Å². The number of phenols is 1. The van der Waals surface area contributed by atoms with E-state index in [-0.39, 0.29) is 17.4 Å². The average Bonchev–Trinajstić information content (AvgIpc) is 3.21. The van der Waals surface area contributed by atoms with Gasteiger partial charge in [0.05, 0.1) is 6.04 Å². The maximum atomic E-state index is 12.4. The first-order valence-electron chi connectivity index (χ1n) is 8.39. The van der Waals surface area contributed by atoms with Crippen molar-refractivity contribution in [2.75, 3.05) is 6.61 Å². The first-order valence-corrected chi connectivity index (χ1v) is 9.27. The van der Waals surface area contributed by atoms with Gasteiger partial charge in [0, 0.05) is 4.88 Å². The lowest BCUT2D eigenvalue weighted by Crippen LogP contribution is -2.32. The van der Waals surface area contributed by atoms with Gasteiger partial charge in [0.2, 0.25) is 0 Å². The van der Waals surface area contributed by atoms with Crippen LogP contribution in [0.4, 0.5) is 0 Å². The Morgan fingerprint density at radius 3 is 2.59 bits per heavy atom. The normalized spacial score (nSPS) is 11.6. The minimum atomic E-state index is -0.737. The topological polar surface area (TPSA) is 75.6 Å². The molecular formula is C21H19NO4S. The molecule has 27 heavy (non-hydrogen) atoms. The van der Waals surface area contributed by atoms with Crippen molar-refractivity contribution in [2.45, 2.75) is 13.0 Å². The van der Waals surface area contributed by atoms with Crippen LogP contribution in [0.5, 0.6) is 5.75 Å². The Hall–Kier alpha value is -3.12. The number of nitrogens with one attached hydrogen (secondary N) is 1. The summed E-state index contributed by atoms with van der Waals surface area (Å²) in [5.41, 5.74) is 1.79. The molecule has 0 unspecified atom stereocenters. The van der Waals surface area contributed by atoms with Crippen LogP contribution in [0, 0.1) is 6.92 Å². The van der Waals surface area contributed by atoms with Crippen LogP contribution in [0.2, 0.25) is 0 Å². The fourth-order valence-electron chi connectivity index (χ4n) is 2.64. The largest absolute Gasteiger partial charge is 0.507 e. The van der Waals surface area contributed by atoms with Gasteiger partial charge in [0.1, 0.15) is 11.3 Å². The van der Waals surface area contributed by atoms with Gasteiger partial charge in [-0.2, -0.15) is 0 Å². The molecule has 0 aliphatic rings. The highest BCUT2D eigenvalue weighted by atomic mass is 32.1. The second-order valence-corrected chi connectivity index (χ2v) is 7.00. The molecule has 3 rings (SSSR count). The predicted octanol–water partition coefficient (Wildman–Crippen LogP) is 3.82. The van der Waals surface area contributed by atoms with Crippen LogP contribution in [0.1, 0.15) is 32.4 Å². The zero-order valence-corrected chi connectivity index (χ0v) is 15.5. The fourth-order valence-corrected chi connectivity index (χ4v) is 3.45. The summed E-state index contributed by atoms with van der Waals surface area (Å²) in [6.07, 6.45) is 0. The van der Waals surface area contributed by atoms with Gasteiger partial charge in [-0.3, -0.25) is 4.79 Å². The second-order valence-electron chi connectivity index (χ2n) is 6.02. The van der Waals surface area contributed by atoms with Crippen molar-refractivity contribution in [3.05, 3.63) is 87.6 Å². The number of amides is 1. The number of benzene rings is 2. The number of esters is 1. The first kappa shape index (κ1) is 18.7. The van der Waals surface area contributed by atoms with E-state index in [2.05, 4.69) is 5.32 Å². The first-order chi connectivity index (χ1) is 13.0. The van der Waals surface area contributed by atoms with Crippen LogP contribution in [0.15, 0.2) is 66.0 Å². The number of aryl methyl sites for hydroxylation is 1. The van der Waals surface area contributed by atoms with E-state index < -0.39 is 18.5 Å². The van der Waals surface area contributed by atoms with E-state index in [0.29, 0.717) is 0 Å². The molecule has 1 aromatic heterocycles. The van der Waals surface area contributed by atoms with Gasteiger partial charge in [-0.15, -0.1) is 11.3 Å². The number of hydrogen-bond donors (Lipinski definition) is 2. The van der Waals surface area contributed by atoms with Gasteiger partial charge >= 0.3 is 5.97 Å². The van der Waals surface area contributed by atoms with E-state index in [1.54, 1.807) is 13.0 Å². The summed E-state index contributed by atoms with van der Waals surface area (Å²) in [5, 5.41) is 14.6. The van der Waals surface area contributed by atoms with Gasteiger partial charge in [-0.25, -0.2) is 4.79 Å². The van der Waals surface area contributed by atoms with Gasteiger partial charge in [-0.1, -0.05) is 48.0 Å². The Labute approximate surface area is 161 Å². The molecule has 0 spiro atoms. The highest BCUT2D eigenvalue weighted by molar-refractivity contribution is 7.10. The van der Waals surface area contributed by atoms with Crippen molar-refractivity contribution < 1.29 is 19.4 Å². The third-order valence-electron chi connectivity index (χ3n) is 3.97. The van der Waals surface area contributed by atoms with Crippen molar-refractivity contribution in [3.63, 3.8) is 0 Å². The van der Waals surface area contributed by atoms with Crippen LogP contribution in [0.3, 0.4) is 0 Å². The summed E-state index contributed by atoms with van der Waals surface area (Å²) < 4.78 is 5.07. The van der Waals surface area contributed by atoms with E-state index >= 15 is 0 Å². The van der Waals surface area contributed by atoms with Gasteiger partial charge in [0.25, 0.3) is 5.91 Å². The summed E-state index contributed by atoms with van der Waals surface area (Å²) >= 11 is 1.54. The SMILES string of the molecule is Cc1ccc(O)c(C(=O)OCC(=O)N[C@H](c2ccccc2)c2cccs2)c1. The molecule has 0 saturated carbocycles. The fraction of sp³-hybridized carbons (Fsp3) is 0.143. The Morgan fingerprint density at radius 1 is 1.11 bits per heavy atom. The van der Waals surface area contributed by atoms with Crippen LogP contribution < -0.4 is 5.32 Å². The van der Waals surface area contributed by atoms with Gasteiger partial charge in [-0.05, 0) is 36.1 Å². The molecule has 1 amide bonds. The number of thiophene rings is 1. The van der Waals surface area contributed by atoms with E-state index in [1.165, 1.54) is 23.5 Å². The monoisotopic (exact) mass is 381 g/mol. The van der Waals surface area contributed by atoms with E-state index in [0.717, 1.165) is 16.0 Å². The minimum Gasteiger partial charge on any atom is -0.507 e. The quantitative estimate of drug-likeness (QED) is 0.637. The van der Waals surface area contributed by atoms with Crippen molar-refractivity contribution in [3.8, 4) is 5.75 Å². The summed E-state index contributed by atoms with van der Waals surface area (Å²) in [7, 11) is 0. The number of phenolic OH excluding ortho intramolecular Hbond substituents is 1. The molecule has 0 aliphatic carbocycles. The number of ether oxygens (including phenoxy) is 1. The zero-order valence-electron chi connectivity index (χ0n) is 14.7. The van der Waals surface area contributed by atoms with E-state index in [4.69, 9.17) is 4.74 Å². The molecule has 1 atom stereocenters.